The van der Waals surface area contributed by atoms with Gasteiger partial charge in [0.25, 0.3) is 5.63 Å². The van der Waals surface area contributed by atoms with Gasteiger partial charge in [0.05, 0.1) is 7.11 Å². The Morgan fingerprint density at radius 2 is 2.00 bits per heavy atom. The Balaban J connectivity index is 2.96. The van der Waals surface area contributed by atoms with Crippen LogP contribution in [0.5, 0.6) is 11.5 Å². The molecule has 1 atom stereocenters. The highest BCUT2D eigenvalue weighted by Crippen LogP contribution is 2.32. The van der Waals surface area contributed by atoms with Gasteiger partial charge in [-0.1, -0.05) is 17.7 Å². The van der Waals surface area contributed by atoms with E-state index < -0.39 is 11.7 Å². The molecule has 1 unspecified atom stereocenters. The van der Waals surface area contributed by atoms with Crippen LogP contribution in [0.25, 0.3) is 0 Å². The van der Waals surface area contributed by atoms with Gasteiger partial charge >= 0.3 is 6.11 Å². The second-order valence-corrected chi connectivity index (χ2v) is 3.48. The van der Waals surface area contributed by atoms with Crippen LogP contribution in [0, 0.1) is 6.92 Å². The maximum absolute atomic E-state index is 12.9. The van der Waals surface area contributed by atoms with Crippen molar-refractivity contribution < 1.29 is 22.6 Å². The molecule has 16 heavy (non-hydrogen) atoms. The van der Waals surface area contributed by atoms with Gasteiger partial charge in [-0.2, -0.15) is 8.78 Å². The lowest BCUT2D eigenvalue weighted by molar-refractivity contribution is -0.199. The zero-order valence-corrected chi connectivity index (χ0v) is 9.39. The normalized spacial score (nSPS) is 13.4. The van der Waals surface area contributed by atoms with Crippen molar-refractivity contribution in [3.8, 4) is 11.5 Å². The topological polar surface area (TPSA) is 18.5 Å². The molecule has 0 N–H and O–H groups in total. The number of methoxy groups -OCH3 is 1. The lowest BCUT2D eigenvalue weighted by Gasteiger charge is -2.19. The van der Waals surface area contributed by atoms with Crippen LogP contribution in [0.1, 0.15) is 5.56 Å². The summed E-state index contributed by atoms with van der Waals surface area (Å²) in [5.74, 6) is 0.161. The van der Waals surface area contributed by atoms with E-state index in [1.54, 1.807) is 13.0 Å². The summed E-state index contributed by atoms with van der Waals surface area (Å²) in [5.41, 5.74) is -2.48. The van der Waals surface area contributed by atoms with E-state index in [0.29, 0.717) is 11.3 Å². The van der Waals surface area contributed by atoms with Crippen LogP contribution in [-0.2, 0) is 0 Å². The number of benzene rings is 1. The minimum absolute atomic E-state index is 0.173. The molecule has 0 aliphatic rings. The number of halogens is 4. The highest BCUT2D eigenvalue weighted by atomic mass is 35.5. The van der Waals surface area contributed by atoms with E-state index in [-0.39, 0.29) is 5.75 Å². The molecule has 0 saturated heterocycles. The third-order valence-electron chi connectivity index (χ3n) is 1.90. The van der Waals surface area contributed by atoms with Crippen LogP contribution < -0.4 is 9.47 Å². The highest BCUT2D eigenvalue weighted by Gasteiger charge is 2.42. The Morgan fingerprint density at radius 3 is 2.50 bits per heavy atom. The summed E-state index contributed by atoms with van der Waals surface area (Å²) in [6.07, 6.45) is -4.07. The van der Waals surface area contributed by atoms with E-state index in [0.717, 1.165) is 0 Å². The third-order valence-corrected chi connectivity index (χ3v) is 2.15. The third kappa shape index (κ3) is 2.95. The van der Waals surface area contributed by atoms with Crippen LogP contribution >= 0.6 is 11.6 Å². The van der Waals surface area contributed by atoms with Crippen LogP contribution in [-0.4, -0.2) is 18.8 Å². The van der Waals surface area contributed by atoms with Crippen molar-refractivity contribution in [1.82, 2.24) is 0 Å². The van der Waals surface area contributed by atoms with Crippen molar-refractivity contribution >= 4 is 11.6 Å². The lowest BCUT2D eigenvalue weighted by atomic mass is 10.2. The predicted octanol–water partition coefficient (Wildman–Crippen LogP) is 3.51. The fourth-order valence-corrected chi connectivity index (χ4v) is 1.05. The standard InChI is InChI=1S/C10H10ClF3O2/c1-6-3-4-7(15-2)5-8(6)16-10(13,14)9(11)12/h3-5,9H,1-2H3. The average Bonchev–Trinajstić information content (AvgIpc) is 2.21. The minimum Gasteiger partial charge on any atom is -0.497 e. The van der Waals surface area contributed by atoms with Gasteiger partial charge < -0.3 is 9.47 Å². The monoisotopic (exact) mass is 254 g/mol. The van der Waals surface area contributed by atoms with Crippen molar-refractivity contribution in [3.63, 3.8) is 0 Å². The predicted molar refractivity (Wildman–Crippen MR) is 54.1 cm³/mol. The van der Waals surface area contributed by atoms with Crippen LogP contribution in [0.2, 0.25) is 0 Å². The number of aryl methyl sites for hydroxylation is 1. The summed E-state index contributed by atoms with van der Waals surface area (Å²) in [4.78, 5) is 0. The number of alkyl halides is 4. The van der Waals surface area contributed by atoms with Crippen molar-refractivity contribution in [2.24, 2.45) is 0 Å². The molecular weight excluding hydrogens is 245 g/mol. The summed E-state index contributed by atoms with van der Waals surface area (Å²) in [6, 6.07) is 4.34. The molecule has 0 radical (unpaired) electrons. The largest absolute Gasteiger partial charge is 0.497 e. The van der Waals surface area contributed by atoms with Crippen LogP contribution in [0.3, 0.4) is 0 Å². The summed E-state index contributed by atoms with van der Waals surface area (Å²) in [7, 11) is 1.38. The Hall–Kier alpha value is -1.10. The molecule has 0 saturated carbocycles. The molecule has 1 aromatic carbocycles. The smallest absolute Gasteiger partial charge is 0.444 e. The van der Waals surface area contributed by atoms with Gasteiger partial charge in [0, 0.05) is 6.07 Å². The molecule has 6 heteroatoms. The van der Waals surface area contributed by atoms with Crippen molar-refractivity contribution in [2.45, 2.75) is 18.7 Å². The van der Waals surface area contributed by atoms with Gasteiger partial charge in [0.2, 0.25) is 0 Å². The van der Waals surface area contributed by atoms with Crippen LogP contribution in [0.15, 0.2) is 18.2 Å². The number of hydrogen-bond donors (Lipinski definition) is 0. The Morgan fingerprint density at radius 1 is 1.38 bits per heavy atom. The van der Waals surface area contributed by atoms with E-state index >= 15 is 0 Å². The number of ether oxygens (including phenoxy) is 2. The van der Waals surface area contributed by atoms with E-state index in [1.165, 1.54) is 19.2 Å². The molecule has 0 aromatic heterocycles. The maximum atomic E-state index is 12.9. The van der Waals surface area contributed by atoms with Gasteiger partial charge in [-0.25, -0.2) is 4.39 Å². The summed E-state index contributed by atoms with van der Waals surface area (Å²) < 4.78 is 47.1. The summed E-state index contributed by atoms with van der Waals surface area (Å²) in [5, 5.41) is 0. The molecular formula is C10H10ClF3O2. The molecule has 1 aromatic rings. The first-order valence-electron chi connectivity index (χ1n) is 4.36. The van der Waals surface area contributed by atoms with E-state index in [4.69, 9.17) is 4.74 Å². The second-order valence-electron chi connectivity index (χ2n) is 3.10. The first-order chi connectivity index (χ1) is 7.36. The molecule has 2 nitrogen and oxygen atoms in total. The molecule has 0 aliphatic carbocycles. The van der Waals surface area contributed by atoms with Gasteiger partial charge in [-0.3, -0.25) is 0 Å². The molecule has 90 valence electrons. The van der Waals surface area contributed by atoms with E-state index in [1.807, 2.05) is 0 Å². The lowest BCUT2D eigenvalue weighted by Crippen LogP contribution is -2.33. The van der Waals surface area contributed by atoms with E-state index in [2.05, 4.69) is 16.3 Å². The zero-order chi connectivity index (χ0) is 12.3. The molecule has 0 aliphatic heterocycles. The van der Waals surface area contributed by atoms with Gasteiger partial charge in [-0.05, 0) is 18.6 Å². The Labute approximate surface area is 95.9 Å². The van der Waals surface area contributed by atoms with Gasteiger partial charge in [0.15, 0.2) is 0 Å². The second kappa shape index (κ2) is 4.82. The zero-order valence-electron chi connectivity index (χ0n) is 8.64. The van der Waals surface area contributed by atoms with Gasteiger partial charge in [0.1, 0.15) is 11.5 Å². The molecule has 0 fully saturated rings. The summed E-state index contributed by atoms with van der Waals surface area (Å²) >= 11 is 4.67. The molecule has 0 spiro atoms. The van der Waals surface area contributed by atoms with E-state index in [9.17, 15) is 13.2 Å². The molecule has 1 rings (SSSR count). The number of hydrogen-bond acceptors (Lipinski definition) is 2. The number of rotatable bonds is 4. The minimum atomic E-state index is -4.07. The summed E-state index contributed by atoms with van der Waals surface area (Å²) in [6.45, 7) is 1.55. The molecule has 0 amide bonds. The fraction of sp³-hybridized carbons (Fsp3) is 0.400. The first-order valence-corrected chi connectivity index (χ1v) is 4.80. The highest BCUT2D eigenvalue weighted by molar-refractivity contribution is 6.20. The Kier molecular flexibility index (Phi) is 3.91. The quantitative estimate of drug-likeness (QED) is 0.766. The van der Waals surface area contributed by atoms with Crippen molar-refractivity contribution in [2.75, 3.05) is 7.11 Å². The average molecular weight is 255 g/mol. The molecule has 0 bridgehead atoms. The maximum Gasteiger partial charge on any atom is 0.444 e. The SMILES string of the molecule is COc1ccc(C)c(OC(F)(F)C(F)Cl)c1. The fourth-order valence-electron chi connectivity index (χ4n) is 1.01. The van der Waals surface area contributed by atoms with Crippen LogP contribution in [0.4, 0.5) is 13.2 Å². The van der Waals surface area contributed by atoms with Crippen molar-refractivity contribution in [3.05, 3.63) is 23.8 Å². The molecule has 0 heterocycles. The Bertz CT molecular complexity index is 369. The van der Waals surface area contributed by atoms with Crippen molar-refractivity contribution in [1.29, 1.82) is 0 Å². The van der Waals surface area contributed by atoms with Gasteiger partial charge in [-0.15, -0.1) is 0 Å². The first kappa shape index (κ1) is 13.0.